The lowest BCUT2D eigenvalue weighted by Gasteiger charge is -2.32. The molecular weight excluding hydrogens is 357 g/mol. The van der Waals surface area contributed by atoms with Gasteiger partial charge >= 0.3 is 0 Å². The van der Waals surface area contributed by atoms with Crippen molar-refractivity contribution in [3.63, 3.8) is 0 Å². The second-order valence-electron chi connectivity index (χ2n) is 6.66. The van der Waals surface area contributed by atoms with Gasteiger partial charge in [-0.3, -0.25) is 9.89 Å². The van der Waals surface area contributed by atoms with Crippen LogP contribution in [0.2, 0.25) is 0 Å². The minimum Gasteiger partial charge on any atom is -0.357 e. The fourth-order valence-electron chi connectivity index (χ4n) is 3.43. The zero-order chi connectivity index (χ0) is 19.0. The quantitative estimate of drug-likeness (QED) is 0.732. The van der Waals surface area contributed by atoms with Crippen LogP contribution in [-0.2, 0) is 0 Å². The summed E-state index contributed by atoms with van der Waals surface area (Å²) in [6.45, 7) is 0.996. The van der Waals surface area contributed by atoms with E-state index in [2.05, 4.69) is 15.2 Å². The molecule has 27 heavy (non-hydrogen) atoms. The molecule has 1 fully saturated rings. The number of aromatic nitrogens is 3. The van der Waals surface area contributed by atoms with Gasteiger partial charge in [0.05, 0.1) is 5.69 Å². The lowest BCUT2D eigenvalue weighted by molar-refractivity contribution is 0.0705. The van der Waals surface area contributed by atoms with E-state index in [1.807, 2.05) is 6.07 Å². The first-order valence-corrected chi connectivity index (χ1v) is 8.65. The number of piperidine rings is 1. The number of aromatic amines is 2. The molecular formula is C19H17F3N4O. The average Bonchev–Trinajstić information content (AvgIpc) is 3.32. The van der Waals surface area contributed by atoms with Crippen LogP contribution in [0.5, 0.6) is 0 Å². The van der Waals surface area contributed by atoms with Crippen LogP contribution < -0.4 is 0 Å². The van der Waals surface area contributed by atoms with Crippen LogP contribution in [-0.4, -0.2) is 39.1 Å². The van der Waals surface area contributed by atoms with Gasteiger partial charge in [-0.2, -0.15) is 5.10 Å². The van der Waals surface area contributed by atoms with E-state index in [9.17, 15) is 18.0 Å². The highest BCUT2D eigenvalue weighted by Gasteiger charge is 2.27. The zero-order valence-electron chi connectivity index (χ0n) is 14.3. The molecule has 1 aliphatic heterocycles. The summed E-state index contributed by atoms with van der Waals surface area (Å²) in [6.07, 6.45) is 2.90. The van der Waals surface area contributed by atoms with Crippen molar-refractivity contribution < 1.29 is 18.0 Å². The highest BCUT2D eigenvalue weighted by atomic mass is 19.2. The topological polar surface area (TPSA) is 64.8 Å². The van der Waals surface area contributed by atoms with Crippen LogP contribution >= 0.6 is 0 Å². The fraction of sp³-hybridized carbons (Fsp3) is 0.263. The number of carbonyl (C=O) groups excluding carboxylic acids is 1. The van der Waals surface area contributed by atoms with Crippen molar-refractivity contribution in [2.45, 2.75) is 18.8 Å². The third-order valence-corrected chi connectivity index (χ3v) is 4.84. The van der Waals surface area contributed by atoms with Gasteiger partial charge in [0, 0.05) is 42.5 Å². The zero-order valence-corrected chi connectivity index (χ0v) is 14.3. The Labute approximate surface area is 153 Å². The molecule has 5 nitrogen and oxygen atoms in total. The van der Waals surface area contributed by atoms with Gasteiger partial charge in [0.1, 0.15) is 11.5 Å². The van der Waals surface area contributed by atoms with Crippen molar-refractivity contribution in [1.29, 1.82) is 0 Å². The average molecular weight is 374 g/mol. The molecule has 1 saturated heterocycles. The van der Waals surface area contributed by atoms with Crippen LogP contribution in [0.25, 0.3) is 11.4 Å². The van der Waals surface area contributed by atoms with E-state index >= 15 is 0 Å². The van der Waals surface area contributed by atoms with Crippen molar-refractivity contribution >= 4 is 5.91 Å². The van der Waals surface area contributed by atoms with E-state index in [-0.39, 0.29) is 23.2 Å². The third-order valence-electron chi connectivity index (χ3n) is 4.84. The minimum atomic E-state index is -1.04. The highest BCUT2D eigenvalue weighted by molar-refractivity contribution is 5.94. The molecule has 1 atom stereocenters. The Hall–Kier alpha value is -3.03. The highest BCUT2D eigenvalue weighted by Crippen LogP contribution is 2.29. The second-order valence-corrected chi connectivity index (χ2v) is 6.66. The predicted molar refractivity (Wildman–Crippen MR) is 92.6 cm³/mol. The number of nitrogens with zero attached hydrogens (tertiary/aromatic N) is 2. The summed E-state index contributed by atoms with van der Waals surface area (Å²) < 4.78 is 39.7. The molecule has 3 heterocycles. The SMILES string of the molecule is O=C(c1ccc(F)c(F)c1)N1CCC[C@H](c2cc(-c3cc(F)c[nH]3)n[nH]2)C1. The number of nitrogens with one attached hydrogen (secondary N) is 2. The summed E-state index contributed by atoms with van der Waals surface area (Å²) in [7, 11) is 0. The van der Waals surface area contributed by atoms with E-state index in [0.717, 1.165) is 30.7 Å². The molecule has 0 spiro atoms. The molecule has 140 valence electrons. The molecule has 1 amide bonds. The van der Waals surface area contributed by atoms with E-state index in [4.69, 9.17) is 0 Å². The Morgan fingerprint density at radius 1 is 1.15 bits per heavy atom. The Morgan fingerprint density at radius 2 is 2.00 bits per heavy atom. The number of carbonyl (C=O) groups is 1. The Morgan fingerprint density at radius 3 is 2.74 bits per heavy atom. The van der Waals surface area contributed by atoms with Crippen LogP contribution in [0.1, 0.15) is 34.8 Å². The normalized spacial score (nSPS) is 17.3. The van der Waals surface area contributed by atoms with Gasteiger partial charge < -0.3 is 9.88 Å². The predicted octanol–water partition coefficient (Wildman–Crippen LogP) is 3.84. The van der Waals surface area contributed by atoms with Crippen molar-refractivity contribution in [3.8, 4) is 11.4 Å². The van der Waals surface area contributed by atoms with E-state index < -0.39 is 11.6 Å². The van der Waals surface area contributed by atoms with E-state index in [1.165, 1.54) is 18.3 Å². The first-order chi connectivity index (χ1) is 13.0. The number of halogens is 3. The number of H-pyrrole nitrogens is 2. The summed E-state index contributed by atoms with van der Waals surface area (Å²) in [4.78, 5) is 17.1. The van der Waals surface area contributed by atoms with Crippen molar-refractivity contribution in [2.24, 2.45) is 0 Å². The molecule has 4 rings (SSSR count). The van der Waals surface area contributed by atoms with Gasteiger partial charge in [-0.05, 0) is 37.1 Å². The van der Waals surface area contributed by atoms with E-state index in [0.29, 0.717) is 24.5 Å². The second kappa shape index (κ2) is 6.94. The van der Waals surface area contributed by atoms with Crippen LogP contribution in [0, 0.1) is 17.5 Å². The number of hydrogen-bond donors (Lipinski definition) is 2. The van der Waals surface area contributed by atoms with Crippen molar-refractivity contribution in [1.82, 2.24) is 20.1 Å². The summed E-state index contributed by atoms with van der Waals surface area (Å²) in [6, 6.07) is 6.37. The van der Waals surface area contributed by atoms with Crippen molar-refractivity contribution in [3.05, 3.63) is 65.2 Å². The summed E-state index contributed by atoms with van der Waals surface area (Å²) >= 11 is 0. The smallest absolute Gasteiger partial charge is 0.253 e. The van der Waals surface area contributed by atoms with E-state index in [1.54, 1.807) is 4.90 Å². The molecule has 2 aromatic heterocycles. The lowest BCUT2D eigenvalue weighted by Crippen LogP contribution is -2.39. The summed E-state index contributed by atoms with van der Waals surface area (Å²) in [5.41, 5.74) is 2.14. The number of benzene rings is 1. The molecule has 0 bridgehead atoms. The Kier molecular flexibility index (Phi) is 4.47. The molecule has 1 aromatic carbocycles. The largest absolute Gasteiger partial charge is 0.357 e. The molecule has 2 N–H and O–H groups in total. The molecule has 3 aromatic rings. The van der Waals surface area contributed by atoms with Gasteiger partial charge in [-0.25, -0.2) is 13.2 Å². The minimum absolute atomic E-state index is 0.0362. The maximum absolute atomic E-state index is 13.4. The summed E-state index contributed by atoms with van der Waals surface area (Å²) in [5, 5.41) is 7.17. The molecule has 8 heteroatoms. The number of likely N-dealkylation sites (tertiary alicyclic amines) is 1. The number of rotatable bonds is 3. The van der Waals surface area contributed by atoms with Gasteiger partial charge in [-0.1, -0.05) is 0 Å². The first-order valence-electron chi connectivity index (χ1n) is 8.65. The molecule has 0 saturated carbocycles. The standard InChI is InChI=1S/C19H17F3N4O/c20-13-7-17(23-9-13)18-8-16(24-25-18)12-2-1-5-26(10-12)19(27)11-3-4-14(21)15(22)6-11/h3-4,6-9,12,23H,1-2,5,10H2,(H,24,25)/t12-/m0/s1. The Balaban J connectivity index is 1.50. The maximum atomic E-state index is 13.4. The van der Waals surface area contributed by atoms with Crippen LogP contribution in [0.3, 0.4) is 0 Å². The molecule has 0 radical (unpaired) electrons. The first kappa shape index (κ1) is 17.4. The van der Waals surface area contributed by atoms with Crippen LogP contribution in [0.4, 0.5) is 13.2 Å². The number of hydrogen-bond acceptors (Lipinski definition) is 2. The van der Waals surface area contributed by atoms with Crippen LogP contribution in [0.15, 0.2) is 36.5 Å². The molecule has 1 aliphatic rings. The number of amides is 1. The summed E-state index contributed by atoms with van der Waals surface area (Å²) in [5.74, 6) is -2.67. The third kappa shape index (κ3) is 3.47. The van der Waals surface area contributed by atoms with Gasteiger partial charge in [0.25, 0.3) is 5.91 Å². The van der Waals surface area contributed by atoms with Gasteiger partial charge in [0.2, 0.25) is 0 Å². The lowest BCUT2D eigenvalue weighted by atomic mass is 9.94. The Bertz CT molecular complexity index is 981. The van der Waals surface area contributed by atoms with Gasteiger partial charge in [-0.15, -0.1) is 0 Å². The molecule has 0 aliphatic carbocycles. The monoisotopic (exact) mass is 374 g/mol. The maximum Gasteiger partial charge on any atom is 0.253 e. The van der Waals surface area contributed by atoms with Crippen molar-refractivity contribution in [2.75, 3.05) is 13.1 Å². The molecule has 0 unspecified atom stereocenters. The fourth-order valence-corrected chi connectivity index (χ4v) is 3.43. The van der Waals surface area contributed by atoms with Gasteiger partial charge in [0.15, 0.2) is 11.6 Å².